The second-order valence-electron chi connectivity index (χ2n) is 4.12. The monoisotopic (exact) mass is 267 g/mol. The van der Waals surface area contributed by atoms with Crippen LogP contribution in [-0.2, 0) is 11.2 Å². The van der Waals surface area contributed by atoms with Crippen LogP contribution in [0, 0.1) is 0 Å². The molecule has 0 fully saturated rings. The van der Waals surface area contributed by atoms with Crippen molar-refractivity contribution in [1.29, 1.82) is 0 Å². The van der Waals surface area contributed by atoms with E-state index in [0.29, 0.717) is 5.75 Å². The van der Waals surface area contributed by atoms with E-state index in [1.54, 1.807) is 11.8 Å². The van der Waals surface area contributed by atoms with Gasteiger partial charge in [-0.3, -0.25) is 4.79 Å². The van der Waals surface area contributed by atoms with Crippen molar-refractivity contribution in [1.82, 2.24) is 0 Å². The van der Waals surface area contributed by atoms with Crippen molar-refractivity contribution in [3.63, 3.8) is 0 Å². The van der Waals surface area contributed by atoms with Crippen LogP contribution in [0.1, 0.15) is 25.3 Å². The summed E-state index contributed by atoms with van der Waals surface area (Å²) in [6.45, 7) is 2.34. The van der Waals surface area contributed by atoms with Gasteiger partial charge in [-0.05, 0) is 36.3 Å². The number of hydrogen-bond donors (Lipinski definition) is 2. The molecular formula is C14H21NO2S. The highest BCUT2D eigenvalue weighted by atomic mass is 32.2. The summed E-state index contributed by atoms with van der Waals surface area (Å²) in [6.07, 6.45) is 2.95. The molecule has 0 bridgehead atoms. The largest absolute Gasteiger partial charge is 0.396 e. The summed E-state index contributed by atoms with van der Waals surface area (Å²) in [4.78, 5) is 11.6. The molecule has 100 valence electrons. The Kier molecular flexibility index (Phi) is 7.53. The minimum Gasteiger partial charge on any atom is -0.396 e. The Morgan fingerprint density at radius 3 is 2.67 bits per heavy atom. The van der Waals surface area contributed by atoms with Crippen molar-refractivity contribution < 1.29 is 9.90 Å². The van der Waals surface area contributed by atoms with E-state index < -0.39 is 0 Å². The Hall–Kier alpha value is -1.00. The van der Waals surface area contributed by atoms with Gasteiger partial charge in [0, 0.05) is 12.3 Å². The molecule has 0 unspecified atom stereocenters. The Morgan fingerprint density at radius 1 is 1.33 bits per heavy atom. The SMILES string of the molecule is CCCc1ccc(NC(=O)CSCCCO)cc1. The molecule has 0 atom stereocenters. The number of aryl methyl sites for hydroxylation is 1. The van der Waals surface area contributed by atoms with Gasteiger partial charge in [0.2, 0.25) is 5.91 Å². The lowest BCUT2D eigenvalue weighted by atomic mass is 10.1. The number of aliphatic hydroxyl groups is 1. The van der Waals surface area contributed by atoms with Crippen molar-refractivity contribution in [2.75, 3.05) is 23.4 Å². The average Bonchev–Trinajstić information content (AvgIpc) is 2.37. The van der Waals surface area contributed by atoms with Gasteiger partial charge in [-0.25, -0.2) is 0 Å². The maximum absolute atomic E-state index is 11.6. The fourth-order valence-corrected chi connectivity index (χ4v) is 2.31. The van der Waals surface area contributed by atoms with Crippen LogP contribution in [0.5, 0.6) is 0 Å². The molecule has 3 nitrogen and oxygen atoms in total. The van der Waals surface area contributed by atoms with Gasteiger partial charge in [0.05, 0.1) is 5.75 Å². The molecule has 18 heavy (non-hydrogen) atoms. The number of carbonyl (C=O) groups is 1. The second kappa shape index (κ2) is 9.00. The van der Waals surface area contributed by atoms with Gasteiger partial charge >= 0.3 is 0 Å². The number of thioether (sulfide) groups is 1. The molecule has 0 aromatic heterocycles. The Morgan fingerprint density at radius 2 is 2.06 bits per heavy atom. The Balaban J connectivity index is 2.30. The van der Waals surface area contributed by atoms with E-state index in [2.05, 4.69) is 24.4 Å². The topological polar surface area (TPSA) is 49.3 Å². The summed E-state index contributed by atoms with van der Waals surface area (Å²) in [5, 5.41) is 11.5. The molecule has 0 aliphatic carbocycles. The van der Waals surface area contributed by atoms with Gasteiger partial charge in [0.15, 0.2) is 0 Å². The molecule has 0 saturated carbocycles. The van der Waals surface area contributed by atoms with Gasteiger partial charge in [0.25, 0.3) is 0 Å². The molecule has 1 rings (SSSR count). The summed E-state index contributed by atoms with van der Waals surface area (Å²) in [5.41, 5.74) is 2.15. The Labute approximate surface area is 113 Å². The van der Waals surface area contributed by atoms with Crippen LogP contribution in [0.25, 0.3) is 0 Å². The molecule has 0 aliphatic rings. The zero-order valence-electron chi connectivity index (χ0n) is 10.8. The van der Waals surface area contributed by atoms with E-state index in [0.717, 1.165) is 30.7 Å². The number of benzene rings is 1. The summed E-state index contributed by atoms with van der Waals surface area (Å²) < 4.78 is 0. The highest BCUT2D eigenvalue weighted by molar-refractivity contribution is 7.99. The lowest BCUT2D eigenvalue weighted by Crippen LogP contribution is -2.14. The summed E-state index contributed by atoms with van der Waals surface area (Å²) in [6, 6.07) is 8.00. The van der Waals surface area contributed by atoms with Gasteiger partial charge in [-0.15, -0.1) is 0 Å². The maximum Gasteiger partial charge on any atom is 0.234 e. The highest BCUT2D eigenvalue weighted by Crippen LogP contribution is 2.12. The van der Waals surface area contributed by atoms with Crippen molar-refractivity contribution in [3.8, 4) is 0 Å². The van der Waals surface area contributed by atoms with E-state index in [1.165, 1.54) is 5.56 Å². The van der Waals surface area contributed by atoms with Crippen molar-refractivity contribution >= 4 is 23.4 Å². The third kappa shape index (κ3) is 6.07. The summed E-state index contributed by atoms with van der Waals surface area (Å²) in [5.74, 6) is 1.27. The molecular weight excluding hydrogens is 246 g/mol. The smallest absolute Gasteiger partial charge is 0.234 e. The van der Waals surface area contributed by atoms with Crippen LogP contribution in [0.15, 0.2) is 24.3 Å². The van der Waals surface area contributed by atoms with E-state index in [1.807, 2.05) is 12.1 Å². The van der Waals surface area contributed by atoms with Crippen molar-refractivity contribution in [3.05, 3.63) is 29.8 Å². The van der Waals surface area contributed by atoms with E-state index in [-0.39, 0.29) is 12.5 Å². The van der Waals surface area contributed by atoms with Gasteiger partial charge in [-0.1, -0.05) is 25.5 Å². The number of hydrogen-bond acceptors (Lipinski definition) is 3. The summed E-state index contributed by atoms with van der Waals surface area (Å²) >= 11 is 1.54. The summed E-state index contributed by atoms with van der Waals surface area (Å²) in [7, 11) is 0. The van der Waals surface area contributed by atoms with Gasteiger partial charge in [0.1, 0.15) is 0 Å². The van der Waals surface area contributed by atoms with Gasteiger partial charge in [-0.2, -0.15) is 11.8 Å². The number of amides is 1. The number of aliphatic hydroxyl groups excluding tert-OH is 1. The molecule has 0 spiro atoms. The normalized spacial score (nSPS) is 10.3. The predicted octanol–water partition coefficient (Wildman–Crippen LogP) is 2.69. The van der Waals surface area contributed by atoms with Crippen LogP contribution in [0.4, 0.5) is 5.69 Å². The minimum atomic E-state index is 0.0150. The third-order valence-corrected chi connectivity index (χ3v) is 3.50. The number of rotatable bonds is 8. The third-order valence-electron chi connectivity index (χ3n) is 2.46. The molecule has 2 N–H and O–H groups in total. The van der Waals surface area contributed by atoms with E-state index in [9.17, 15) is 4.79 Å². The fraction of sp³-hybridized carbons (Fsp3) is 0.500. The molecule has 4 heteroatoms. The first-order chi connectivity index (χ1) is 8.76. The Bertz CT molecular complexity index is 351. The first-order valence-electron chi connectivity index (χ1n) is 6.33. The van der Waals surface area contributed by atoms with Crippen LogP contribution < -0.4 is 5.32 Å². The molecule has 0 saturated heterocycles. The zero-order valence-corrected chi connectivity index (χ0v) is 11.6. The molecule has 0 aliphatic heterocycles. The lowest BCUT2D eigenvalue weighted by Gasteiger charge is -2.06. The van der Waals surface area contributed by atoms with Gasteiger partial charge < -0.3 is 10.4 Å². The number of nitrogens with one attached hydrogen (secondary N) is 1. The van der Waals surface area contributed by atoms with Crippen LogP contribution >= 0.6 is 11.8 Å². The standard InChI is InChI=1S/C14H21NO2S/c1-2-4-12-5-7-13(8-6-12)15-14(17)11-18-10-3-9-16/h5-8,16H,2-4,9-11H2,1H3,(H,15,17). The number of anilines is 1. The van der Waals surface area contributed by atoms with E-state index >= 15 is 0 Å². The maximum atomic E-state index is 11.6. The van der Waals surface area contributed by atoms with E-state index in [4.69, 9.17) is 5.11 Å². The highest BCUT2D eigenvalue weighted by Gasteiger charge is 2.02. The quantitative estimate of drug-likeness (QED) is 0.712. The first-order valence-corrected chi connectivity index (χ1v) is 7.49. The average molecular weight is 267 g/mol. The molecule has 0 heterocycles. The second-order valence-corrected chi connectivity index (χ2v) is 5.23. The predicted molar refractivity (Wildman–Crippen MR) is 78.1 cm³/mol. The van der Waals surface area contributed by atoms with Crippen LogP contribution in [0.3, 0.4) is 0 Å². The van der Waals surface area contributed by atoms with Crippen LogP contribution in [0.2, 0.25) is 0 Å². The lowest BCUT2D eigenvalue weighted by molar-refractivity contribution is -0.113. The van der Waals surface area contributed by atoms with Crippen molar-refractivity contribution in [2.45, 2.75) is 26.2 Å². The first kappa shape index (κ1) is 15.1. The van der Waals surface area contributed by atoms with Crippen LogP contribution in [-0.4, -0.2) is 29.1 Å². The minimum absolute atomic E-state index is 0.0150. The molecule has 1 aromatic carbocycles. The molecule has 0 radical (unpaired) electrons. The zero-order chi connectivity index (χ0) is 13.2. The van der Waals surface area contributed by atoms with Crippen molar-refractivity contribution in [2.24, 2.45) is 0 Å². The fourth-order valence-electron chi connectivity index (χ4n) is 1.57. The molecule has 1 amide bonds. The number of carbonyl (C=O) groups excluding carboxylic acids is 1. The molecule has 1 aromatic rings.